The number of hydrogen-bond acceptors (Lipinski definition) is 2. The topological polar surface area (TPSA) is 29.5 Å². The number of hydrogen-bond donors (Lipinski definition) is 0. The van der Waals surface area contributed by atoms with Crippen molar-refractivity contribution < 1.29 is 9.53 Å². The second-order valence-electron chi connectivity index (χ2n) is 4.29. The normalized spacial score (nSPS) is 19.1. The van der Waals surface area contributed by atoms with Crippen molar-refractivity contribution in [2.24, 2.45) is 5.92 Å². The Morgan fingerprint density at radius 2 is 2.00 bits per heavy atom. The second kappa shape index (κ2) is 5.26. The molecule has 88 valence electrons. The number of rotatable bonds is 2. The van der Waals surface area contributed by atoms with Gasteiger partial charge in [0.05, 0.1) is 0 Å². The van der Waals surface area contributed by atoms with E-state index in [9.17, 15) is 4.79 Å². The molecule has 1 saturated heterocycles. The lowest BCUT2D eigenvalue weighted by atomic mass is 10.00. The van der Waals surface area contributed by atoms with E-state index < -0.39 is 4.33 Å². The zero-order valence-electron chi connectivity index (χ0n) is 9.13. The van der Waals surface area contributed by atoms with Gasteiger partial charge in [-0.1, -0.05) is 30.1 Å². The molecule has 5 heteroatoms. The second-order valence-corrected chi connectivity index (χ2v) is 6.16. The maximum atomic E-state index is 11.5. The summed E-state index contributed by atoms with van der Waals surface area (Å²) >= 11 is 11.4. The highest BCUT2D eigenvalue weighted by atomic mass is 35.5. The fourth-order valence-electron chi connectivity index (χ4n) is 1.47. The molecule has 0 bridgehead atoms. The van der Waals surface area contributed by atoms with Crippen LogP contribution < -0.4 is 0 Å². The van der Waals surface area contributed by atoms with Crippen molar-refractivity contribution >= 4 is 29.3 Å². The van der Waals surface area contributed by atoms with E-state index in [-0.39, 0.29) is 12.7 Å². The summed E-state index contributed by atoms with van der Waals surface area (Å²) in [6.07, 6.45) is 1.76. The van der Waals surface area contributed by atoms with Crippen LogP contribution in [0.2, 0.25) is 0 Å². The number of amides is 1. The first kappa shape index (κ1) is 12.9. The molecule has 1 fully saturated rings. The minimum absolute atomic E-state index is 0.0288. The van der Waals surface area contributed by atoms with Gasteiger partial charge in [0.1, 0.15) is 10.9 Å². The van der Waals surface area contributed by atoms with Gasteiger partial charge in [-0.3, -0.25) is 0 Å². The summed E-state index contributed by atoms with van der Waals surface area (Å²) in [4.78, 5) is 13.2. The Balaban J connectivity index is 2.29. The van der Waals surface area contributed by atoms with Crippen molar-refractivity contribution in [1.29, 1.82) is 0 Å². The average molecular weight is 254 g/mol. The van der Waals surface area contributed by atoms with Crippen LogP contribution in [0.15, 0.2) is 0 Å². The number of carbonyl (C=O) groups excluding carboxylic acids is 1. The maximum absolute atomic E-state index is 11.5. The Hall–Kier alpha value is -0.150. The van der Waals surface area contributed by atoms with E-state index in [0.29, 0.717) is 5.92 Å². The molecule has 1 aliphatic heterocycles. The molecule has 3 nitrogen and oxygen atoms in total. The minimum Gasteiger partial charge on any atom is -0.446 e. The predicted octanol–water partition coefficient (Wildman–Crippen LogP) is 3.05. The summed E-state index contributed by atoms with van der Waals surface area (Å²) in [7, 11) is 0. The monoisotopic (exact) mass is 253 g/mol. The van der Waals surface area contributed by atoms with Crippen LogP contribution in [0.3, 0.4) is 0 Å². The third-order valence-electron chi connectivity index (χ3n) is 2.49. The van der Waals surface area contributed by atoms with Gasteiger partial charge in [0, 0.05) is 13.1 Å². The first-order valence-corrected chi connectivity index (χ1v) is 5.93. The number of piperidine rings is 1. The van der Waals surface area contributed by atoms with Gasteiger partial charge in [-0.15, -0.1) is 0 Å². The highest BCUT2D eigenvalue weighted by Gasteiger charge is 2.24. The van der Waals surface area contributed by atoms with Crippen molar-refractivity contribution in [2.45, 2.75) is 31.0 Å². The molecule has 0 saturated carbocycles. The van der Waals surface area contributed by atoms with E-state index in [0.717, 1.165) is 25.9 Å². The zero-order valence-corrected chi connectivity index (χ0v) is 10.6. The zero-order chi connectivity index (χ0) is 11.5. The first-order chi connectivity index (χ1) is 6.88. The van der Waals surface area contributed by atoms with Gasteiger partial charge in [-0.05, 0) is 25.7 Å². The van der Waals surface area contributed by atoms with Crippen LogP contribution in [0.1, 0.15) is 26.7 Å². The van der Waals surface area contributed by atoms with Crippen LogP contribution >= 0.6 is 23.2 Å². The molecule has 0 radical (unpaired) electrons. The third-order valence-corrected chi connectivity index (χ3v) is 2.71. The standard InChI is InChI=1S/C10H17Cl2NO2/c1-8-3-5-13(6-4-8)9(14)15-7-10(2,11)12/h8H,3-7H2,1-2H3. The Kier molecular flexibility index (Phi) is 4.53. The SMILES string of the molecule is CC1CCN(C(=O)OCC(C)(Cl)Cl)CC1. The van der Waals surface area contributed by atoms with E-state index in [1.54, 1.807) is 11.8 Å². The maximum Gasteiger partial charge on any atom is 0.409 e. The van der Waals surface area contributed by atoms with Gasteiger partial charge >= 0.3 is 6.09 Å². The van der Waals surface area contributed by atoms with Crippen LogP contribution in [-0.2, 0) is 4.74 Å². The highest BCUT2D eigenvalue weighted by molar-refractivity contribution is 6.48. The molecule has 0 unspecified atom stereocenters. The number of ether oxygens (including phenoxy) is 1. The van der Waals surface area contributed by atoms with Crippen molar-refractivity contribution in [3.8, 4) is 0 Å². The fourth-order valence-corrected chi connectivity index (χ4v) is 1.58. The van der Waals surface area contributed by atoms with Gasteiger partial charge in [0.2, 0.25) is 0 Å². The summed E-state index contributed by atoms with van der Waals surface area (Å²) in [5, 5.41) is 0. The van der Waals surface area contributed by atoms with Crippen LogP contribution in [-0.4, -0.2) is 35.0 Å². The van der Waals surface area contributed by atoms with Crippen molar-refractivity contribution in [3.63, 3.8) is 0 Å². The Bertz CT molecular complexity index is 220. The van der Waals surface area contributed by atoms with E-state index in [2.05, 4.69) is 6.92 Å². The number of halogens is 2. The van der Waals surface area contributed by atoms with Gasteiger partial charge < -0.3 is 9.64 Å². The quantitative estimate of drug-likeness (QED) is 0.709. The van der Waals surface area contributed by atoms with Gasteiger partial charge in [-0.2, -0.15) is 0 Å². The molecule has 1 aliphatic rings. The highest BCUT2D eigenvalue weighted by Crippen LogP contribution is 2.21. The Labute approximate surface area is 101 Å². The van der Waals surface area contributed by atoms with Gasteiger partial charge in [0.15, 0.2) is 0 Å². The first-order valence-electron chi connectivity index (χ1n) is 5.18. The number of nitrogens with zero attached hydrogens (tertiary/aromatic N) is 1. The molecule has 0 N–H and O–H groups in total. The van der Waals surface area contributed by atoms with Crippen molar-refractivity contribution in [1.82, 2.24) is 4.90 Å². The average Bonchev–Trinajstić information content (AvgIpc) is 2.14. The number of carbonyl (C=O) groups is 1. The molecule has 0 aromatic rings. The minimum atomic E-state index is -1.00. The van der Waals surface area contributed by atoms with E-state index >= 15 is 0 Å². The summed E-state index contributed by atoms with van der Waals surface area (Å²) in [6, 6.07) is 0. The molecule has 0 aromatic heterocycles. The van der Waals surface area contributed by atoms with Crippen LogP contribution in [0, 0.1) is 5.92 Å². The summed E-state index contributed by atoms with van der Waals surface area (Å²) in [5.41, 5.74) is 0. The lowest BCUT2D eigenvalue weighted by Crippen LogP contribution is -2.39. The molecular weight excluding hydrogens is 237 g/mol. The van der Waals surface area contributed by atoms with Crippen molar-refractivity contribution in [3.05, 3.63) is 0 Å². The van der Waals surface area contributed by atoms with Crippen LogP contribution in [0.4, 0.5) is 4.79 Å². The molecule has 1 rings (SSSR count). The molecule has 15 heavy (non-hydrogen) atoms. The molecule has 0 spiro atoms. The van der Waals surface area contributed by atoms with Gasteiger partial charge in [0.25, 0.3) is 0 Å². The number of likely N-dealkylation sites (tertiary alicyclic amines) is 1. The molecule has 1 amide bonds. The van der Waals surface area contributed by atoms with E-state index in [4.69, 9.17) is 27.9 Å². The largest absolute Gasteiger partial charge is 0.446 e. The van der Waals surface area contributed by atoms with E-state index in [1.807, 2.05) is 0 Å². The Morgan fingerprint density at radius 1 is 1.47 bits per heavy atom. The lowest BCUT2D eigenvalue weighted by molar-refractivity contribution is 0.0876. The predicted molar refractivity (Wildman–Crippen MR) is 61.4 cm³/mol. The molecule has 0 atom stereocenters. The summed E-state index contributed by atoms with van der Waals surface area (Å²) in [6.45, 7) is 5.35. The third kappa shape index (κ3) is 4.94. The van der Waals surface area contributed by atoms with Crippen LogP contribution in [0.5, 0.6) is 0 Å². The number of alkyl halides is 2. The van der Waals surface area contributed by atoms with Gasteiger partial charge in [-0.25, -0.2) is 4.79 Å². The molecular formula is C10H17Cl2NO2. The van der Waals surface area contributed by atoms with Crippen molar-refractivity contribution in [2.75, 3.05) is 19.7 Å². The molecule has 0 aliphatic carbocycles. The smallest absolute Gasteiger partial charge is 0.409 e. The molecule has 0 aromatic carbocycles. The van der Waals surface area contributed by atoms with E-state index in [1.165, 1.54) is 0 Å². The lowest BCUT2D eigenvalue weighted by Gasteiger charge is -2.30. The summed E-state index contributed by atoms with van der Waals surface area (Å²) < 4.78 is 4.00. The summed E-state index contributed by atoms with van der Waals surface area (Å²) in [5.74, 6) is 0.695. The Morgan fingerprint density at radius 3 is 2.47 bits per heavy atom. The molecule has 1 heterocycles. The van der Waals surface area contributed by atoms with Crippen LogP contribution in [0.25, 0.3) is 0 Å². The fraction of sp³-hybridized carbons (Fsp3) is 0.900.